The number of anilines is 1. The molecular formula is C33H33Cl2N3O4. The van der Waals surface area contributed by atoms with E-state index in [0.29, 0.717) is 50.5 Å². The van der Waals surface area contributed by atoms with E-state index in [9.17, 15) is 14.7 Å². The number of ketones is 1. The molecule has 0 saturated carbocycles. The number of nitrogens with zero attached hydrogens (tertiary/aromatic N) is 3. The van der Waals surface area contributed by atoms with Crippen LogP contribution in [0.3, 0.4) is 0 Å². The molecule has 2 heterocycles. The van der Waals surface area contributed by atoms with Gasteiger partial charge in [-0.2, -0.15) is 0 Å². The fraction of sp³-hybridized carbons (Fsp3) is 0.303. The van der Waals surface area contributed by atoms with Gasteiger partial charge in [-0.05, 0) is 93.3 Å². The standard InChI is InChI=1S/C33H33Cl2N3O4/c1-18(2)37-31-29(36-32(37)25-16-21(9-13-28(25)42-5)27(40)7-6-14-39)33(41)38(26-17-23(35)10-8-19(26)3)30(31)24-12-11-22(34)15-20(24)4/h8-13,15-18,30,39H,6-7,14H2,1-5H3. The maximum atomic E-state index is 14.4. The van der Waals surface area contributed by atoms with Crippen LogP contribution >= 0.6 is 23.2 Å². The Morgan fingerprint density at radius 2 is 1.74 bits per heavy atom. The third-order valence-corrected chi connectivity index (χ3v) is 8.15. The molecule has 0 bridgehead atoms. The van der Waals surface area contributed by atoms with Crippen molar-refractivity contribution in [3.8, 4) is 17.1 Å². The van der Waals surface area contributed by atoms with Crippen molar-refractivity contribution < 1.29 is 19.4 Å². The lowest BCUT2D eigenvalue weighted by Crippen LogP contribution is -2.31. The molecule has 7 nitrogen and oxygen atoms in total. The number of imidazole rings is 1. The van der Waals surface area contributed by atoms with Gasteiger partial charge in [0.25, 0.3) is 5.91 Å². The van der Waals surface area contributed by atoms with Crippen molar-refractivity contribution in [2.75, 3.05) is 18.6 Å². The van der Waals surface area contributed by atoms with Crippen molar-refractivity contribution in [3.05, 3.63) is 98.3 Å². The summed E-state index contributed by atoms with van der Waals surface area (Å²) >= 11 is 12.8. The highest BCUT2D eigenvalue weighted by molar-refractivity contribution is 6.31. The lowest BCUT2D eigenvalue weighted by atomic mass is 9.97. The number of carbonyl (C=O) groups excluding carboxylic acids is 2. The summed E-state index contributed by atoms with van der Waals surface area (Å²) in [5, 5.41) is 10.4. The molecule has 5 rings (SSSR count). The van der Waals surface area contributed by atoms with Crippen LogP contribution in [0.4, 0.5) is 5.69 Å². The maximum absolute atomic E-state index is 14.4. The number of rotatable bonds is 9. The van der Waals surface area contributed by atoms with E-state index in [2.05, 4.69) is 4.57 Å². The number of aromatic nitrogens is 2. The Labute approximate surface area is 255 Å². The lowest BCUT2D eigenvalue weighted by molar-refractivity contribution is 0.0968. The molecule has 1 aliphatic heterocycles. The van der Waals surface area contributed by atoms with Gasteiger partial charge in [0.15, 0.2) is 11.5 Å². The Bertz CT molecular complexity index is 1700. The number of Topliss-reactive ketones (excluding diaryl/α,β-unsaturated/α-hetero) is 1. The summed E-state index contributed by atoms with van der Waals surface area (Å²) in [6.45, 7) is 7.95. The van der Waals surface area contributed by atoms with E-state index < -0.39 is 6.04 Å². The molecule has 9 heteroatoms. The van der Waals surface area contributed by atoms with Gasteiger partial charge in [-0.25, -0.2) is 4.98 Å². The Hall–Kier alpha value is -3.65. The second kappa shape index (κ2) is 11.9. The average molecular weight is 607 g/mol. The summed E-state index contributed by atoms with van der Waals surface area (Å²) in [5.74, 6) is 0.741. The first kappa shape index (κ1) is 29.8. The third kappa shape index (κ3) is 5.21. The van der Waals surface area contributed by atoms with Gasteiger partial charge in [0.05, 0.1) is 18.4 Å². The summed E-state index contributed by atoms with van der Waals surface area (Å²) in [5.41, 5.74) is 5.64. The van der Waals surface area contributed by atoms with Gasteiger partial charge < -0.3 is 14.4 Å². The van der Waals surface area contributed by atoms with E-state index >= 15 is 0 Å². The van der Waals surface area contributed by atoms with Gasteiger partial charge in [-0.1, -0.05) is 35.3 Å². The number of halogens is 2. The van der Waals surface area contributed by atoms with Crippen molar-refractivity contribution in [2.24, 2.45) is 0 Å². The molecule has 1 atom stereocenters. The molecule has 1 aliphatic rings. The first-order valence-electron chi connectivity index (χ1n) is 13.9. The van der Waals surface area contributed by atoms with Crippen molar-refractivity contribution >= 4 is 40.6 Å². The van der Waals surface area contributed by atoms with Gasteiger partial charge in [-0.15, -0.1) is 0 Å². The van der Waals surface area contributed by atoms with Crippen LogP contribution in [0.25, 0.3) is 11.4 Å². The summed E-state index contributed by atoms with van der Waals surface area (Å²) < 4.78 is 7.77. The zero-order valence-electron chi connectivity index (χ0n) is 24.2. The van der Waals surface area contributed by atoms with E-state index in [1.165, 1.54) is 0 Å². The predicted octanol–water partition coefficient (Wildman–Crippen LogP) is 7.77. The number of ether oxygens (including phenoxy) is 1. The van der Waals surface area contributed by atoms with E-state index in [4.69, 9.17) is 32.9 Å². The normalized spacial score (nSPS) is 14.5. The minimum Gasteiger partial charge on any atom is -0.496 e. The summed E-state index contributed by atoms with van der Waals surface area (Å²) in [4.78, 5) is 34.0. The van der Waals surface area contributed by atoms with Gasteiger partial charge in [0.2, 0.25) is 0 Å². The van der Waals surface area contributed by atoms with Gasteiger partial charge in [-0.3, -0.25) is 14.5 Å². The molecule has 1 amide bonds. The van der Waals surface area contributed by atoms with Crippen LogP contribution in [0.15, 0.2) is 54.6 Å². The average Bonchev–Trinajstić information content (AvgIpc) is 3.48. The molecular weight excluding hydrogens is 573 g/mol. The van der Waals surface area contributed by atoms with Crippen LogP contribution in [0.2, 0.25) is 10.0 Å². The zero-order chi connectivity index (χ0) is 30.3. The van der Waals surface area contributed by atoms with Crippen LogP contribution < -0.4 is 9.64 Å². The minimum atomic E-state index is -0.508. The molecule has 218 valence electrons. The molecule has 0 saturated heterocycles. The quantitative estimate of drug-likeness (QED) is 0.197. The van der Waals surface area contributed by atoms with Crippen molar-refractivity contribution in [2.45, 2.75) is 52.6 Å². The molecule has 1 unspecified atom stereocenters. The number of aliphatic hydroxyl groups excluding tert-OH is 1. The number of amides is 1. The third-order valence-electron chi connectivity index (χ3n) is 7.68. The van der Waals surface area contributed by atoms with E-state index in [0.717, 1.165) is 22.4 Å². The minimum absolute atomic E-state index is 0.0601. The van der Waals surface area contributed by atoms with Crippen molar-refractivity contribution in [3.63, 3.8) is 0 Å². The second-order valence-corrected chi connectivity index (χ2v) is 11.7. The Morgan fingerprint density at radius 1 is 1.02 bits per heavy atom. The van der Waals surface area contributed by atoms with E-state index in [-0.39, 0.29) is 30.8 Å². The van der Waals surface area contributed by atoms with E-state index in [1.54, 1.807) is 30.2 Å². The second-order valence-electron chi connectivity index (χ2n) is 10.8. The SMILES string of the molecule is COc1ccc(C(=O)CCCO)cc1-c1nc2c(n1C(C)C)C(c1ccc(Cl)cc1C)N(c1cc(Cl)ccc1C)C2=O. The van der Waals surface area contributed by atoms with Crippen LogP contribution in [-0.2, 0) is 0 Å². The number of aliphatic hydroxyl groups is 1. The number of methoxy groups -OCH3 is 1. The number of aryl methyl sites for hydroxylation is 2. The van der Waals surface area contributed by atoms with Gasteiger partial charge >= 0.3 is 0 Å². The topological polar surface area (TPSA) is 84.7 Å². The van der Waals surface area contributed by atoms with Crippen molar-refractivity contribution in [1.82, 2.24) is 9.55 Å². The number of hydrogen-bond donors (Lipinski definition) is 1. The van der Waals surface area contributed by atoms with Crippen LogP contribution in [0, 0.1) is 13.8 Å². The highest BCUT2D eigenvalue weighted by Gasteiger charge is 2.45. The molecule has 0 radical (unpaired) electrons. The number of benzene rings is 3. The Balaban J connectivity index is 1.78. The Morgan fingerprint density at radius 3 is 2.40 bits per heavy atom. The monoisotopic (exact) mass is 605 g/mol. The van der Waals surface area contributed by atoms with Crippen LogP contribution in [0.5, 0.6) is 5.75 Å². The smallest absolute Gasteiger partial charge is 0.279 e. The summed E-state index contributed by atoms with van der Waals surface area (Å²) in [7, 11) is 1.57. The lowest BCUT2D eigenvalue weighted by Gasteiger charge is -2.30. The highest BCUT2D eigenvalue weighted by Crippen LogP contribution is 2.47. The first-order valence-corrected chi connectivity index (χ1v) is 14.6. The zero-order valence-corrected chi connectivity index (χ0v) is 25.8. The first-order chi connectivity index (χ1) is 20.1. The highest BCUT2D eigenvalue weighted by atomic mass is 35.5. The van der Waals surface area contributed by atoms with Gasteiger partial charge in [0, 0.05) is 40.4 Å². The molecule has 1 N–H and O–H groups in total. The molecule has 0 fully saturated rings. The molecule has 0 aliphatic carbocycles. The van der Waals surface area contributed by atoms with Crippen LogP contribution in [-0.4, -0.2) is 40.1 Å². The largest absolute Gasteiger partial charge is 0.496 e. The number of hydrogen-bond acceptors (Lipinski definition) is 5. The molecule has 0 spiro atoms. The number of carbonyl (C=O) groups is 2. The number of fused-ring (bicyclic) bond motifs is 1. The maximum Gasteiger partial charge on any atom is 0.279 e. The molecule has 3 aromatic carbocycles. The Kier molecular flexibility index (Phi) is 8.46. The summed E-state index contributed by atoms with van der Waals surface area (Å²) in [6.07, 6.45) is 0.603. The molecule has 42 heavy (non-hydrogen) atoms. The molecule has 1 aromatic heterocycles. The van der Waals surface area contributed by atoms with Crippen molar-refractivity contribution in [1.29, 1.82) is 0 Å². The van der Waals surface area contributed by atoms with Gasteiger partial charge in [0.1, 0.15) is 17.6 Å². The predicted molar refractivity (Wildman–Crippen MR) is 166 cm³/mol. The van der Waals surface area contributed by atoms with E-state index in [1.807, 2.05) is 64.1 Å². The summed E-state index contributed by atoms with van der Waals surface area (Å²) in [6, 6.07) is 15.8. The fourth-order valence-corrected chi connectivity index (χ4v) is 6.09. The van der Waals surface area contributed by atoms with Crippen LogP contribution in [0.1, 0.15) is 82.0 Å². The molecule has 4 aromatic rings. The fourth-order valence-electron chi connectivity index (χ4n) is 5.69.